The highest BCUT2D eigenvalue weighted by Gasteiger charge is 2.32. The van der Waals surface area contributed by atoms with Crippen LogP contribution in [0.25, 0.3) is 0 Å². The summed E-state index contributed by atoms with van der Waals surface area (Å²) in [5, 5.41) is 0. The maximum Gasteiger partial charge on any atom is 0.321 e. The Morgan fingerprint density at radius 1 is 1.54 bits per heavy atom. The Hall–Kier alpha value is -1.45. The van der Waals surface area contributed by atoms with Crippen molar-refractivity contribution in [3.05, 3.63) is 29.8 Å². The van der Waals surface area contributed by atoms with E-state index >= 15 is 0 Å². The first kappa shape index (κ1) is 8.16. The number of nitrogens with zero attached hydrogens (tertiary/aromatic N) is 1. The zero-order valence-corrected chi connectivity index (χ0v) is 6.63. The van der Waals surface area contributed by atoms with E-state index in [1.807, 2.05) is 0 Å². The third-order valence-electron chi connectivity index (χ3n) is 1.96. The Morgan fingerprint density at radius 3 is 3.00 bits per heavy atom. The molecule has 2 rings (SSSR count). The van der Waals surface area contributed by atoms with Gasteiger partial charge in [-0.15, -0.1) is 0 Å². The van der Waals surface area contributed by atoms with Crippen LogP contribution in [-0.2, 0) is 11.2 Å². The molecule has 0 aliphatic carbocycles. The van der Waals surface area contributed by atoms with E-state index in [9.17, 15) is 13.6 Å². The standard InChI is InChI=1S/C9H6F2NO/c10-9(11)12-7-4-2-1-3-6(7)5-8(12)13/h1-3,9H,5H2. The van der Waals surface area contributed by atoms with E-state index in [1.54, 1.807) is 12.1 Å². The second kappa shape index (κ2) is 2.80. The van der Waals surface area contributed by atoms with Crippen LogP contribution in [0.2, 0.25) is 0 Å². The SMILES string of the molecule is O=C1Cc2ccc[c]c2N1C(F)F. The van der Waals surface area contributed by atoms with E-state index in [4.69, 9.17) is 0 Å². The van der Waals surface area contributed by atoms with E-state index < -0.39 is 12.5 Å². The fourth-order valence-electron chi connectivity index (χ4n) is 1.41. The predicted molar refractivity (Wildman–Crippen MR) is 42.5 cm³/mol. The largest absolute Gasteiger partial charge is 0.321 e. The Morgan fingerprint density at radius 2 is 2.31 bits per heavy atom. The summed E-state index contributed by atoms with van der Waals surface area (Å²) in [6, 6.07) is 7.50. The van der Waals surface area contributed by atoms with Crippen molar-refractivity contribution in [3.8, 4) is 0 Å². The number of para-hydroxylation sites is 1. The zero-order chi connectivity index (χ0) is 9.42. The minimum absolute atomic E-state index is 0.0526. The maximum absolute atomic E-state index is 12.4. The number of rotatable bonds is 1. The van der Waals surface area contributed by atoms with Crippen LogP contribution in [-0.4, -0.2) is 12.5 Å². The van der Waals surface area contributed by atoms with Crippen molar-refractivity contribution in [2.24, 2.45) is 0 Å². The van der Waals surface area contributed by atoms with Gasteiger partial charge in [0.25, 0.3) is 0 Å². The van der Waals surface area contributed by atoms with Gasteiger partial charge in [-0.3, -0.25) is 9.69 Å². The molecule has 1 aliphatic heterocycles. The number of carbonyl (C=O) groups excluding carboxylic acids is 1. The van der Waals surface area contributed by atoms with Crippen LogP contribution in [0.1, 0.15) is 5.56 Å². The molecule has 1 radical (unpaired) electrons. The lowest BCUT2D eigenvalue weighted by Gasteiger charge is -2.14. The summed E-state index contributed by atoms with van der Waals surface area (Å²) in [5.41, 5.74) is 0.829. The predicted octanol–water partition coefficient (Wildman–Crippen LogP) is 1.60. The van der Waals surface area contributed by atoms with Crippen LogP contribution in [0.5, 0.6) is 0 Å². The molecule has 0 unspecified atom stereocenters. The molecule has 0 fully saturated rings. The highest BCUT2D eigenvalue weighted by Crippen LogP contribution is 2.30. The molecule has 1 aliphatic rings. The molecular formula is C9H6F2NO. The average Bonchev–Trinajstić information content (AvgIpc) is 2.39. The Kier molecular flexibility index (Phi) is 1.76. The molecule has 0 N–H and O–H groups in total. The van der Waals surface area contributed by atoms with Gasteiger partial charge in [-0.1, -0.05) is 18.2 Å². The average molecular weight is 182 g/mol. The van der Waals surface area contributed by atoms with Gasteiger partial charge in [0.05, 0.1) is 12.1 Å². The van der Waals surface area contributed by atoms with E-state index in [0.29, 0.717) is 10.5 Å². The quantitative estimate of drug-likeness (QED) is 0.604. The Bertz CT molecular complexity index is 351. The van der Waals surface area contributed by atoms with Crippen molar-refractivity contribution < 1.29 is 13.6 Å². The monoisotopic (exact) mass is 182 g/mol. The van der Waals surface area contributed by atoms with Crippen LogP contribution < -0.4 is 4.90 Å². The molecule has 1 aromatic rings. The topological polar surface area (TPSA) is 20.3 Å². The molecule has 67 valence electrons. The number of carbonyl (C=O) groups is 1. The van der Waals surface area contributed by atoms with Gasteiger partial charge >= 0.3 is 6.55 Å². The molecular weight excluding hydrogens is 176 g/mol. The van der Waals surface area contributed by atoms with Crippen LogP contribution in [0.3, 0.4) is 0 Å². The van der Waals surface area contributed by atoms with Gasteiger partial charge in [0, 0.05) is 6.07 Å². The fourth-order valence-corrected chi connectivity index (χ4v) is 1.41. The van der Waals surface area contributed by atoms with Gasteiger partial charge in [0.1, 0.15) is 0 Å². The number of halogens is 2. The van der Waals surface area contributed by atoms with Gasteiger partial charge in [-0.25, -0.2) is 0 Å². The van der Waals surface area contributed by atoms with E-state index in [1.165, 1.54) is 6.07 Å². The van der Waals surface area contributed by atoms with E-state index in [-0.39, 0.29) is 12.1 Å². The van der Waals surface area contributed by atoms with Gasteiger partial charge in [-0.2, -0.15) is 8.78 Å². The summed E-state index contributed by atoms with van der Waals surface area (Å²) in [6.45, 7) is -2.77. The molecule has 13 heavy (non-hydrogen) atoms. The first-order valence-corrected chi connectivity index (χ1v) is 3.80. The molecule has 2 nitrogen and oxygen atoms in total. The smallest absolute Gasteiger partial charge is 0.274 e. The number of anilines is 1. The molecule has 0 atom stereocenters. The number of fused-ring (bicyclic) bond motifs is 1. The molecule has 0 saturated carbocycles. The lowest BCUT2D eigenvalue weighted by atomic mass is 10.2. The summed E-state index contributed by atoms with van der Waals surface area (Å²) in [6.07, 6.45) is 0.0526. The summed E-state index contributed by atoms with van der Waals surface area (Å²) in [4.78, 5) is 11.6. The van der Waals surface area contributed by atoms with Gasteiger partial charge in [0.15, 0.2) is 0 Å². The molecule has 0 spiro atoms. The highest BCUT2D eigenvalue weighted by atomic mass is 19.3. The van der Waals surface area contributed by atoms with Crippen LogP contribution in [0.15, 0.2) is 18.2 Å². The molecule has 1 amide bonds. The molecule has 1 aromatic carbocycles. The second-order valence-corrected chi connectivity index (χ2v) is 2.76. The fraction of sp³-hybridized carbons (Fsp3) is 0.222. The Labute approximate surface area is 73.8 Å². The summed E-state index contributed by atoms with van der Waals surface area (Å²) < 4.78 is 24.7. The molecule has 1 heterocycles. The van der Waals surface area contributed by atoms with Crippen molar-refractivity contribution >= 4 is 11.6 Å². The number of hydrogen-bond donors (Lipinski definition) is 0. The lowest BCUT2D eigenvalue weighted by molar-refractivity contribution is -0.119. The molecule has 0 saturated heterocycles. The van der Waals surface area contributed by atoms with Crippen LogP contribution >= 0.6 is 0 Å². The van der Waals surface area contributed by atoms with Crippen LogP contribution in [0.4, 0.5) is 14.5 Å². The van der Waals surface area contributed by atoms with Gasteiger partial charge < -0.3 is 0 Å². The van der Waals surface area contributed by atoms with E-state index in [2.05, 4.69) is 6.07 Å². The number of amides is 1. The van der Waals surface area contributed by atoms with Crippen molar-refractivity contribution in [1.82, 2.24) is 0 Å². The summed E-state index contributed by atoms with van der Waals surface area (Å²) in [7, 11) is 0. The third kappa shape index (κ3) is 1.18. The van der Waals surface area contributed by atoms with Gasteiger partial charge in [0.2, 0.25) is 5.91 Å². The minimum atomic E-state index is -2.77. The van der Waals surface area contributed by atoms with Crippen molar-refractivity contribution in [2.45, 2.75) is 13.0 Å². The second-order valence-electron chi connectivity index (χ2n) is 2.76. The summed E-state index contributed by atoms with van der Waals surface area (Å²) in [5.74, 6) is -0.563. The Balaban J connectivity index is 2.46. The highest BCUT2D eigenvalue weighted by molar-refractivity contribution is 6.01. The first-order chi connectivity index (χ1) is 6.20. The molecule has 0 aromatic heterocycles. The number of hydrogen-bond acceptors (Lipinski definition) is 1. The number of alkyl halides is 2. The summed E-state index contributed by atoms with van der Waals surface area (Å²) >= 11 is 0. The van der Waals surface area contributed by atoms with Crippen molar-refractivity contribution in [1.29, 1.82) is 0 Å². The van der Waals surface area contributed by atoms with Gasteiger partial charge in [-0.05, 0) is 5.56 Å². The number of benzene rings is 1. The van der Waals surface area contributed by atoms with Crippen molar-refractivity contribution in [3.63, 3.8) is 0 Å². The maximum atomic E-state index is 12.4. The lowest BCUT2D eigenvalue weighted by Crippen LogP contribution is -2.31. The minimum Gasteiger partial charge on any atom is -0.274 e. The normalized spacial score (nSPS) is 15.3. The molecule has 4 heteroatoms. The van der Waals surface area contributed by atoms with E-state index in [0.717, 1.165) is 0 Å². The zero-order valence-electron chi connectivity index (χ0n) is 6.63. The van der Waals surface area contributed by atoms with Crippen LogP contribution in [0, 0.1) is 6.07 Å². The van der Waals surface area contributed by atoms with Crippen molar-refractivity contribution in [2.75, 3.05) is 4.90 Å². The third-order valence-corrected chi connectivity index (χ3v) is 1.96. The first-order valence-electron chi connectivity index (χ1n) is 3.80. The molecule has 0 bridgehead atoms.